The van der Waals surface area contributed by atoms with E-state index in [0.29, 0.717) is 29.7 Å². The predicted octanol–water partition coefficient (Wildman–Crippen LogP) is 2.28. The van der Waals surface area contributed by atoms with Crippen LogP contribution < -0.4 is 5.32 Å². The lowest BCUT2D eigenvalue weighted by Crippen LogP contribution is -2.59. The number of ketones is 1. The molecule has 3 rings (SSSR count). The van der Waals surface area contributed by atoms with Crippen LogP contribution in [0.2, 0.25) is 0 Å². The molecule has 0 spiro atoms. The molecule has 0 radical (unpaired) electrons. The predicted molar refractivity (Wildman–Crippen MR) is 59.6 cm³/mol. The molecule has 4 unspecified atom stereocenters. The summed E-state index contributed by atoms with van der Waals surface area (Å²) in [6, 6.07) is 1.07. The second-order valence-electron chi connectivity index (χ2n) is 5.56. The average Bonchev–Trinajstić information content (AvgIpc) is 2.30. The molecule has 1 saturated heterocycles. The number of carbonyl (C=O) groups excluding carboxylic acids is 1. The molecule has 4 atom stereocenters. The Morgan fingerprint density at radius 2 is 1.27 bits per heavy atom. The molecule has 0 aromatic carbocycles. The molecule has 0 amide bonds. The van der Waals surface area contributed by atoms with Gasteiger partial charge in [-0.1, -0.05) is 25.7 Å². The number of piperidine rings is 1. The number of carbonyl (C=O) groups is 1. The number of rotatable bonds is 0. The molecule has 2 aliphatic carbocycles. The van der Waals surface area contributed by atoms with E-state index in [2.05, 4.69) is 5.32 Å². The number of hydrogen-bond donors (Lipinski definition) is 1. The van der Waals surface area contributed by atoms with Crippen LogP contribution in [0.25, 0.3) is 0 Å². The maximum atomic E-state index is 12.4. The van der Waals surface area contributed by atoms with Gasteiger partial charge in [-0.15, -0.1) is 0 Å². The molecular formula is C13H21NO. The van der Waals surface area contributed by atoms with E-state index in [9.17, 15) is 4.79 Å². The van der Waals surface area contributed by atoms with E-state index in [4.69, 9.17) is 0 Å². The number of fused-ring (bicyclic) bond motifs is 2. The average molecular weight is 207 g/mol. The summed E-state index contributed by atoms with van der Waals surface area (Å²) < 4.78 is 0. The van der Waals surface area contributed by atoms with E-state index in [1.807, 2.05) is 0 Å². The molecule has 1 aliphatic heterocycles. The van der Waals surface area contributed by atoms with Gasteiger partial charge in [-0.05, 0) is 25.7 Å². The number of Topliss-reactive ketones (excluding diaryl/α,β-unsaturated/α-hetero) is 1. The van der Waals surface area contributed by atoms with E-state index in [-0.39, 0.29) is 0 Å². The van der Waals surface area contributed by atoms with Gasteiger partial charge in [0, 0.05) is 23.9 Å². The Labute approximate surface area is 91.8 Å². The van der Waals surface area contributed by atoms with E-state index in [0.717, 1.165) is 12.8 Å². The van der Waals surface area contributed by atoms with Crippen LogP contribution in [0.15, 0.2) is 0 Å². The van der Waals surface area contributed by atoms with Gasteiger partial charge in [0.2, 0.25) is 0 Å². The minimum Gasteiger partial charge on any atom is -0.310 e. The van der Waals surface area contributed by atoms with Crippen molar-refractivity contribution < 1.29 is 4.79 Å². The zero-order valence-electron chi connectivity index (χ0n) is 9.37. The summed E-state index contributed by atoms with van der Waals surface area (Å²) in [5.74, 6) is 1.36. The Bertz CT molecular complexity index is 239. The summed E-state index contributed by atoms with van der Waals surface area (Å²) in [4.78, 5) is 12.4. The molecule has 1 N–H and O–H groups in total. The highest BCUT2D eigenvalue weighted by Gasteiger charge is 2.44. The van der Waals surface area contributed by atoms with Gasteiger partial charge in [-0.2, -0.15) is 0 Å². The van der Waals surface area contributed by atoms with Crippen molar-refractivity contribution in [1.29, 1.82) is 0 Å². The first-order valence-electron chi connectivity index (χ1n) is 6.66. The van der Waals surface area contributed by atoms with Gasteiger partial charge >= 0.3 is 0 Å². The third kappa shape index (κ3) is 1.63. The molecule has 0 bridgehead atoms. The summed E-state index contributed by atoms with van der Waals surface area (Å²) in [5, 5.41) is 3.77. The summed E-state index contributed by atoms with van der Waals surface area (Å²) in [5.41, 5.74) is 0. The molecule has 15 heavy (non-hydrogen) atoms. The maximum Gasteiger partial charge on any atom is 0.142 e. The monoisotopic (exact) mass is 207 g/mol. The van der Waals surface area contributed by atoms with Gasteiger partial charge < -0.3 is 5.32 Å². The first-order valence-corrected chi connectivity index (χ1v) is 6.66. The van der Waals surface area contributed by atoms with Gasteiger partial charge in [0.15, 0.2) is 0 Å². The Hall–Kier alpha value is -0.370. The molecule has 1 heterocycles. The first-order chi connectivity index (χ1) is 7.36. The van der Waals surface area contributed by atoms with Crippen LogP contribution in [-0.2, 0) is 4.79 Å². The molecule has 84 valence electrons. The second kappa shape index (κ2) is 3.89. The molecule has 3 aliphatic rings. The van der Waals surface area contributed by atoms with Gasteiger partial charge in [0.1, 0.15) is 5.78 Å². The van der Waals surface area contributed by atoms with Gasteiger partial charge in [-0.3, -0.25) is 4.79 Å². The zero-order valence-corrected chi connectivity index (χ0v) is 9.37. The molecule has 2 heteroatoms. The van der Waals surface area contributed by atoms with Crippen LogP contribution in [0.3, 0.4) is 0 Å². The minimum atomic E-state index is 0.373. The van der Waals surface area contributed by atoms with Crippen LogP contribution in [-0.4, -0.2) is 17.9 Å². The quantitative estimate of drug-likeness (QED) is 0.660. The Balaban J connectivity index is 1.79. The van der Waals surface area contributed by atoms with Crippen LogP contribution >= 0.6 is 0 Å². The lowest BCUT2D eigenvalue weighted by Gasteiger charge is -2.45. The third-order valence-electron chi connectivity index (χ3n) is 4.69. The van der Waals surface area contributed by atoms with Crippen LogP contribution in [0.4, 0.5) is 0 Å². The fourth-order valence-corrected chi connectivity index (χ4v) is 3.89. The summed E-state index contributed by atoms with van der Waals surface area (Å²) >= 11 is 0. The normalized spacial score (nSPS) is 45.7. The molecule has 0 aromatic rings. The SMILES string of the molecule is O=C1C2CCCCC2NC2CCCCC12. The zero-order chi connectivity index (χ0) is 10.3. The maximum absolute atomic E-state index is 12.4. The van der Waals surface area contributed by atoms with Crippen molar-refractivity contribution in [1.82, 2.24) is 5.32 Å². The lowest BCUT2D eigenvalue weighted by molar-refractivity contribution is -0.134. The largest absolute Gasteiger partial charge is 0.310 e. The van der Waals surface area contributed by atoms with Crippen LogP contribution in [0, 0.1) is 11.8 Å². The fourth-order valence-electron chi connectivity index (χ4n) is 3.89. The summed E-state index contributed by atoms with van der Waals surface area (Å²) in [6.07, 6.45) is 9.95. The first kappa shape index (κ1) is 9.83. The third-order valence-corrected chi connectivity index (χ3v) is 4.69. The van der Waals surface area contributed by atoms with E-state index in [1.165, 1.54) is 38.5 Å². The van der Waals surface area contributed by atoms with Gasteiger partial charge in [0.05, 0.1) is 0 Å². The standard InChI is InChI=1S/C13H21NO/c15-13-9-5-1-3-7-11(9)14-12-8-4-2-6-10(12)13/h9-12,14H,1-8H2. The van der Waals surface area contributed by atoms with Crippen LogP contribution in [0.5, 0.6) is 0 Å². The van der Waals surface area contributed by atoms with Crippen molar-refractivity contribution in [2.24, 2.45) is 11.8 Å². The highest BCUT2D eigenvalue weighted by Crippen LogP contribution is 2.37. The smallest absolute Gasteiger partial charge is 0.142 e. The van der Waals surface area contributed by atoms with Crippen molar-refractivity contribution in [3.8, 4) is 0 Å². The second-order valence-corrected chi connectivity index (χ2v) is 5.56. The van der Waals surface area contributed by atoms with Crippen LogP contribution in [0.1, 0.15) is 51.4 Å². The minimum absolute atomic E-state index is 0.373. The molecular weight excluding hydrogens is 186 g/mol. The van der Waals surface area contributed by atoms with Gasteiger partial charge in [0.25, 0.3) is 0 Å². The molecule has 2 saturated carbocycles. The Morgan fingerprint density at radius 3 is 1.80 bits per heavy atom. The van der Waals surface area contributed by atoms with Gasteiger partial charge in [-0.25, -0.2) is 0 Å². The van der Waals surface area contributed by atoms with Crippen molar-refractivity contribution in [3.05, 3.63) is 0 Å². The highest BCUT2D eigenvalue weighted by atomic mass is 16.1. The number of hydrogen-bond acceptors (Lipinski definition) is 2. The summed E-state index contributed by atoms with van der Waals surface area (Å²) in [7, 11) is 0. The van der Waals surface area contributed by atoms with Crippen molar-refractivity contribution >= 4 is 5.78 Å². The summed E-state index contributed by atoms with van der Waals surface area (Å²) in [6.45, 7) is 0. The highest BCUT2D eigenvalue weighted by molar-refractivity contribution is 5.86. The Kier molecular flexibility index (Phi) is 2.55. The Morgan fingerprint density at radius 1 is 0.800 bits per heavy atom. The van der Waals surface area contributed by atoms with E-state index >= 15 is 0 Å². The van der Waals surface area contributed by atoms with Crippen molar-refractivity contribution in [2.45, 2.75) is 63.5 Å². The van der Waals surface area contributed by atoms with E-state index in [1.54, 1.807) is 0 Å². The topological polar surface area (TPSA) is 29.1 Å². The fraction of sp³-hybridized carbons (Fsp3) is 0.923. The molecule has 2 nitrogen and oxygen atoms in total. The number of nitrogens with one attached hydrogen (secondary N) is 1. The molecule has 3 fully saturated rings. The van der Waals surface area contributed by atoms with Crippen molar-refractivity contribution in [3.63, 3.8) is 0 Å². The molecule has 0 aromatic heterocycles. The van der Waals surface area contributed by atoms with Crippen molar-refractivity contribution in [2.75, 3.05) is 0 Å². The van der Waals surface area contributed by atoms with E-state index < -0.39 is 0 Å². The lowest BCUT2D eigenvalue weighted by atomic mass is 9.68.